The molecular weight excluding hydrogens is 318 g/mol. The molecule has 0 N–H and O–H groups in total. The van der Waals surface area contributed by atoms with Crippen molar-refractivity contribution >= 4 is 33.9 Å². The second-order valence-electron chi connectivity index (χ2n) is 3.92. The zero-order valence-electron chi connectivity index (χ0n) is 9.08. The summed E-state index contributed by atoms with van der Waals surface area (Å²) < 4.78 is 3.43. The predicted octanol–water partition coefficient (Wildman–Crippen LogP) is 1.88. The molecule has 1 saturated heterocycles. The van der Waals surface area contributed by atoms with Crippen LogP contribution >= 0.6 is 0 Å². The summed E-state index contributed by atoms with van der Waals surface area (Å²) in [6.45, 7) is 0. The maximum atomic E-state index is 2.36. The summed E-state index contributed by atoms with van der Waals surface area (Å²) in [4.78, 5) is 0. The number of rotatable bonds is 2. The number of benzene rings is 2. The fourth-order valence-corrected chi connectivity index (χ4v) is 23.2. The molecule has 80 valence electrons. The van der Waals surface area contributed by atoms with Gasteiger partial charge in [-0.3, -0.25) is 0 Å². The average Bonchev–Trinajstić information content (AvgIpc) is 2.30. The van der Waals surface area contributed by atoms with Gasteiger partial charge in [0.2, 0.25) is 0 Å². The zero-order chi connectivity index (χ0) is 10.8. The molecule has 0 spiro atoms. The van der Waals surface area contributed by atoms with Crippen molar-refractivity contribution in [1.29, 1.82) is 0 Å². The van der Waals surface area contributed by atoms with E-state index in [9.17, 15) is 0 Å². The predicted molar refractivity (Wildman–Crippen MR) is 73.3 cm³/mol. The van der Waals surface area contributed by atoms with Crippen LogP contribution in [0.3, 0.4) is 0 Å². The standard InChI is InChI=1S/C14H14As2/c1-3-7-13(8-4-1)15-11-12-16(15)14-9-5-2-6-10-14/h1-10H,11-12H2. The van der Waals surface area contributed by atoms with Crippen molar-refractivity contribution in [1.82, 2.24) is 0 Å². The van der Waals surface area contributed by atoms with E-state index >= 15 is 0 Å². The Balaban J connectivity index is 1.85. The zero-order valence-corrected chi connectivity index (χ0v) is 12.8. The molecule has 3 rings (SSSR count). The summed E-state index contributed by atoms with van der Waals surface area (Å²) in [7, 11) is 0. The van der Waals surface area contributed by atoms with E-state index in [1.807, 2.05) is 0 Å². The molecule has 1 aliphatic heterocycles. The molecule has 0 nitrogen and oxygen atoms in total. The Hall–Kier alpha value is -0.443. The normalized spacial score (nSPS) is 23.8. The first-order chi connectivity index (χ1) is 7.95. The van der Waals surface area contributed by atoms with Crippen LogP contribution in [0.25, 0.3) is 0 Å². The van der Waals surface area contributed by atoms with Crippen LogP contribution in [0.5, 0.6) is 0 Å². The van der Waals surface area contributed by atoms with Gasteiger partial charge >= 0.3 is 105 Å². The molecule has 2 heteroatoms. The van der Waals surface area contributed by atoms with Crippen LogP contribution < -0.4 is 8.70 Å². The quantitative estimate of drug-likeness (QED) is 0.737. The monoisotopic (exact) mass is 332 g/mol. The fourth-order valence-electron chi connectivity index (χ4n) is 2.04. The van der Waals surface area contributed by atoms with Gasteiger partial charge in [0.05, 0.1) is 0 Å². The summed E-state index contributed by atoms with van der Waals surface area (Å²) in [5.74, 6) is 0. The molecule has 0 aliphatic carbocycles. The van der Waals surface area contributed by atoms with E-state index in [1.54, 1.807) is 19.1 Å². The SMILES string of the molecule is c1ccc([As]2CC[As]2c2ccccc2)cc1. The van der Waals surface area contributed by atoms with Gasteiger partial charge in [-0.05, 0) is 0 Å². The van der Waals surface area contributed by atoms with E-state index in [0.29, 0.717) is 0 Å². The van der Waals surface area contributed by atoms with Crippen LogP contribution in [0.1, 0.15) is 0 Å². The minimum absolute atomic E-state index is 0.627. The van der Waals surface area contributed by atoms with Crippen molar-refractivity contribution in [2.45, 2.75) is 10.4 Å². The van der Waals surface area contributed by atoms with Crippen molar-refractivity contribution in [3.05, 3.63) is 60.7 Å². The van der Waals surface area contributed by atoms with E-state index in [2.05, 4.69) is 60.7 Å². The molecule has 2 aromatic rings. The Morgan fingerprint density at radius 2 is 0.938 bits per heavy atom. The van der Waals surface area contributed by atoms with Crippen molar-refractivity contribution < 1.29 is 0 Å². The maximum absolute atomic E-state index is 2.36. The van der Waals surface area contributed by atoms with Gasteiger partial charge in [-0.1, -0.05) is 0 Å². The molecule has 16 heavy (non-hydrogen) atoms. The van der Waals surface area contributed by atoms with Crippen LogP contribution in [0.2, 0.25) is 10.4 Å². The molecule has 1 aliphatic rings. The second-order valence-corrected chi connectivity index (χ2v) is 21.8. The first-order valence-corrected chi connectivity index (χ1v) is 15.3. The molecule has 2 unspecified atom stereocenters. The van der Waals surface area contributed by atoms with Gasteiger partial charge in [-0.2, -0.15) is 0 Å². The molecule has 0 aromatic heterocycles. The van der Waals surface area contributed by atoms with E-state index < -0.39 is 25.2 Å². The van der Waals surface area contributed by atoms with Gasteiger partial charge < -0.3 is 0 Å². The Kier molecular flexibility index (Phi) is 3.22. The molecule has 0 bridgehead atoms. The molecular formula is C14H14As2. The van der Waals surface area contributed by atoms with Gasteiger partial charge in [0, 0.05) is 0 Å². The summed E-state index contributed by atoms with van der Waals surface area (Å²) in [6, 6.07) is 22.6. The molecule has 0 amide bonds. The number of hydrogen-bond donors (Lipinski definition) is 0. The van der Waals surface area contributed by atoms with Crippen LogP contribution in [0, 0.1) is 0 Å². The second kappa shape index (κ2) is 4.82. The van der Waals surface area contributed by atoms with E-state index in [1.165, 1.54) is 0 Å². The van der Waals surface area contributed by atoms with Crippen LogP contribution in [-0.4, -0.2) is 25.2 Å². The molecule has 0 saturated carbocycles. The molecule has 1 heterocycles. The first-order valence-electron chi connectivity index (χ1n) is 5.60. The van der Waals surface area contributed by atoms with Crippen LogP contribution in [0.15, 0.2) is 60.7 Å². The Morgan fingerprint density at radius 3 is 1.25 bits per heavy atom. The van der Waals surface area contributed by atoms with E-state index in [0.717, 1.165) is 0 Å². The molecule has 2 atom stereocenters. The number of hydrogen-bond acceptors (Lipinski definition) is 0. The topological polar surface area (TPSA) is 0 Å². The third-order valence-electron chi connectivity index (χ3n) is 2.92. The Labute approximate surface area is 105 Å². The third-order valence-corrected chi connectivity index (χ3v) is 28.0. The van der Waals surface area contributed by atoms with Gasteiger partial charge in [-0.25, -0.2) is 0 Å². The summed E-state index contributed by atoms with van der Waals surface area (Å²) >= 11 is -1.25. The Morgan fingerprint density at radius 1 is 0.562 bits per heavy atom. The van der Waals surface area contributed by atoms with Gasteiger partial charge in [0.1, 0.15) is 0 Å². The van der Waals surface area contributed by atoms with E-state index in [-0.39, 0.29) is 0 Å². The van der Waals surface area contributed by atoms with Crippen LogP contribution in [-0.2, 0) is 0 Å². The Bertz CT molecular complexity index is 407. The van der Waals surface area contributed by atoms with Gasteiger partial charge in [-0.15, -0.1) is 0 Å². The van der Waals surface area contributed by atoms with Crippen molar-refractivity contribution in [2.75, 3.05) is 0 Å². The molecule has 2 aromatic carbocycles. The summed E-state index contributed by atoms with van der Waals surface area (Å²) in [5.41, 5.74) is 0. The summed E-state index contributed by atoms with van der Waals surface area (Å²) in [6.07, 6.45) is 0. The van der Waals surface area contributed by atoms with Gasteiger partial charge in [0.15, 0.2) is 0 Å². The molecule has 1 fully saturated rings. The molecule has 0 radical (unpaired) electrons. The van der Waals surface area contributed by atoms with Crippen molar-refractivity contribution in [2.24, 2.45) is 0 Å². The van der Waals surface area contributed by atoms with Gasteiger partial charge in [0.25, 0.3) is 0 Å². The van der Waals surface area contributed by atoms with Crippen LogP contribution in [0.4, 0.5) is 0 Å². The minimum atomic E-state index is -0.627. The first kappa shape index (κ1) is 10.7. The average molecular weight is 332 g/mol. The summed E-state index contributed by atoms with van der Waals surface area (Å²) in [5, 5.41) is 3.10. The van der Waals surface area contributed by atoms with E-state index in [4.69, 9.17) is 0 Å². The van der Waals surface area contributed by atoms with Crippen molar-refractivity contribution in [3.63, 3.8) is 0 Å². The van der Waals surface area contributed by atoms with Crippen molar-refractivity contribution in [3.8, 4) is 0 Å². The third kappa shape index (κ3) is 2.02. The fraction of sp³-hybridized carbons (Fsp3) is 0.143.